The summed E-state index contributed by atoms with van der Waals surface area (Å²) in [5, 5.41) is 11.1. The van der Waals surface area contributed by atoms with Crippen molar-refractivity contribution in [2.45, 2.75) is 20.0 Å². The Morgan fingerprint density at radius 1 is 1.53 bits per heavy atom. The van der Waals surface area contributed by atoms with Gasteiger partial charge in [-0.15, -0.1) is 0 Å². The fraction of sp³-hybridized carbons (Fsp3) is 0.400. The van der Waals surface area contributed by atoms with Gasteiger partial charge in [0, 0.05) is 12.7 Å². The molecule has 0 bridgehead atoms. The van der Waals surface area contributed by atoms with Crippen molar-refractivity contribution in [3.8, 4) is 0 Å². The van der Waals surface area contributed by atoms with Crippen molar-refractivity contribution >= 4 is 17.3 Å². The van der Waals surface area contributed by atoms with Crippen LogP contribution in [0.1, 0.15) is 18.9 Å². The molecule has 15 heavy (non-hydrogen) atoms. The van der Waals surface area contributed by atoms with Crippen LogP contribution in [0.15, 0.2) is 18.2 Å². The molecule has 0 unspecified atom stereocenters. The van der Waals surface area contributed by atoms with Crippen LogP contribution in [-0.2, 0) is 11.3 Å². The number of hydrogen-bond donors (Lipinski definition) is 0. The number of hydrogen-bond acceptors (Lipinski definition) is 3. The maximum Gasteiger partial charge on any atom is 0.276 e. The van der Waals surface area contributed by atoms with Crippen LogP contribution in [0.2, 0.25) is 5.02 Å². The van der Waals surface area contributed by atoms with E-state index in [-0.39, 0.29) is 12.3 Å². The van der Waals surface area contributed by atoms with Gasteiger partial charge in [0.2, 0.25) is 0 Å². The maximum atomic E-state index is 10.7. The molecule has 0 N–H and O–H groups in total. The third-order valence-electron chi connectivity index (χ3n) is 1.89. The van der Waals surface area contributed by atoms with E-state index in [0.717, 1.165) is 6.42 Å². The highest BCUT2D eigenvalue weighted by Crippen LogP contribution is 2.26. The van der Waals surface area contributed by atoms with Crippen LogP contribution in [0.5, 0.6) is 0 Å². The number of benzene rings is 1. The van der Waals surface area contributed by atoms with Crippen molar-refractivity contribution < 1.29 is 9.66 Å². The molecule has 0 aliphatic carbocycles. The standard InChI is InChI=1S/C10H12ClNO3/c1-2-6-15-7-8-9(11)4-3-5-10(8)12(13)14/h3-5H,2,6-7H2,1H3. The first-order valence-electron chi connectivity index (χ1n) is 4.66. The fourth-order valence-corrected chi connectivity index (χ4v) is 1.40. The highest BCUT2D eigenvalue weighted by Gasteiger charge is 2.16. The summed E-state index contributed by atoms with van der Waals surface area (Å²) < 4.78 is 5.25. The van der Waals surface area contributed by atoms with Gasteiger partial charge in [-0.2, -0.15) is 0 Å². The van der Waals surface area contributed by atoms with Crippen LogP contribution in [0.25, 0.3) is 0 Å². The van der Waals surface area contributed by atoms with Crippen molar-refractivity contribution in [1.29, 1.82) is 0 Å². The van der Waals surface area contributed by atoms with Crippen LogP contribution >= 0.6 is 11.6 Å². The van der Waals surface area contributed by atoms with Gasteiger partial charge in [-0.25, -0.2) is 0 Å². The minimum absolute atomic E-state index is 0.0126. The smallest absolute Gasteiger partial charge is 0.276 e. The van der Waals surface area contributed by atoms with Crippen LogP contribution in [0, 0.1) is 10.1 Å². The molecule has 4 nitrogen and oxygen atoms in total. The Balaban J connectivity index is 2.87. The lowest BCUT2D eigenvalue weighted by atomic mass is 10.2. The van der Waals surface area contributed by atoms with Gasteiger partial charge in [-0.05, 0) is 12.5 Å². The minimum Gasteiger partial charge on any atom is -0.376 e. The van der Waals surface area contributed by atoms with E-state index in [1.54, 1.807) is 12.1 Å². The van der Waals surface area contributed by atoms with E-state index in [9.17, 15) is 10.1 Å². The Hall–Kier alpha value is -1.13. The van der Waals surface area contributed by atoms with E-state index in [1.165, 1.54) is 6.07 Å². The molecule has 5 heteroatoms. The van der Waals surface area contributed by atoms with Crippen molar-refractivity contribution in [2.75, 3.05) is 6.61 Å². The Morgan fingerprint density at radius 3 is 2.87 bits per heavy atom. The molecule has 82 valence electrons. The maximum absolute atomic E-state index is 10.7. The van der Waals surface area contributed by atoms with Crippen LogP contribution in [-0.4, -0.2) is 11.5 Å². The average Bonchev–Trinajstić information content (AvgIpc) is 2.20. The fourth-order valence-electron chi connectivity index (χ4n) is 1.18. The average molecular weight is 230 g/mol. The van der Waals surface area contributed by atoms with E-state index in [2.05, 4.69) is 0 Å². The molecule has 0 heterocycles. The Labute approximate surface area is 93.0 Å². The highest BCUT2D eigenvalue weighted by molar-refractivity contribution is 6.31. The van der Waals surface area contributed by atoms with Crippen LogP contribution < -0.4 is 0 Å². The van der Waals surface area contributed by atoms with Gasteiger partial charge < -0.3 is 4.74 Å². The third kappa shape index (κ3) is 3.18. The van der Waals surface area contributed by atoms with E-state index >= 15 is 0 Å². The molecular weight excluding hydrogens is 218 g/mol. The van der Waals surface area contributed by atoms with Gasteiger partial charge in [0.05, 0.1) is 22.1 Å². The van der Waals surface area contributed by atoms with E-state index in [1.807, 2.05) is 6.92 Å². The quantitative estimate of drug-likeness (QED) is 0.443. The van der Waals surface area contributed by atoms with E-state index < -0.39 is 4.92 Å². The summed E-state index contributed by atoms with van der Waals surface area (Å²) in [4.78, 5) is 10.3. The summed E-state index contributed by atoms with van der Waals surface area (Å²) in [7, 11) is 0. The molecule has 1 aromatic rings. The summed E-state index contributed by atoms with van der Waals surface area (Å²) in [6.45, 7) is 2.73. The van der Waals surface area contributed by atoms with Crippen molar-refractivity contribution in [3.63, 3.8) is 0 Å². The first-order valence-corrected chi connectivity index (χ1v) is 5.04. The number of rotatable bonds is 5. The largest absolute Gasteiger partial charge is 0.376 e. The molecule has 1 rings (SSSR count). The lowest BCUT2D eigenvalue weighted by molar-refractivity contribution is -0.385. The monoisotopic (exact) mass is 229 g/mol. The van der Waals surface area contributed by atoms with Gasteiger partial charge in [0.15, 0.2) is 0 Å². The normalized spacial score (nSPS) is 10.3. The highest BCUT2D eigenvalue weighted by atomic mass is 35.5. The molecule has 0 amide bonds. The van der Waals surface area contributed by atoms with Crippen molar-refractivity contribution in [3.05, 3.63) is 38.9 Å². The molecule has 0 fully saturated rings. The summed E-state index contributed by atoms with van der Waals surface area (Å²) in [6.07, 6.45) is 0.873. The molecule has 1 aromatic carbocycles. The molecular formula is C10H12ClNO3. The molecule has 0 aliphatic rings. The number of ether oxygens (including phenoxy) is 1. The third-order valence-corrected chi connectivity index (χ3v) is 2.24. The van der Waals surface area contributed by atoms with Crippen LogP contribution in [0.4, 0.5) is 5.69 Å². The predicted molar refractivity (Wildman–Crippen MR) is 58.1 cm³/mol. The predicted octanol–water partition coefficient (Wildman–Crippen LogP) is 3.17. The second kappa shape index (κ2) is 5.68. The summed E-state index contributed by atoms with van der Waals surface area (Å²) >= 11 is 5.87. The summed E-state index contributed by atoms with van der Waals surface area (Å²) in [6, 6.07) is 4.61. The van der Waals surface area contributed by atoms with Gasteiger partial charge >= 0.3 is 0 Å². The summed E-state index contributed by atoms with van der Waals surface area (Å²) in [5.74, 6) is 0. The zero-order valence-corrected chi connectivity index (χ0v) is 9.16. The zero-order valence-electron chi connectivity index (χ0n) is 8.40. The van der Waals surface area contributed by atoms with Gasteiger partial charge in [0.1, 0.15) is 0 Å². The molecule has 0 radical (unpaired) electrons. The van der Waals surface area contributed by atoms with E-state index in [0.29, 0.717) is 17.2 Å². The topological polar surface area (TPSA) is 52.4 Å². The Kier molecular flexibility index (Phi) is 4.52. The second-order valence-corrected chi connectivity index (χ2v) is 3.45. The van der Waals surface area contributed by atoms with E-state index in [4.69, 9.17) is 16.3 Å². The molecule has 0 atom stereocenters. The van der Waals surface area contributed by atoms with Gasteiger partial charge in [-0.3, -0.25) is 10.1 Å². The lowest BCUT2D eigenvalue weighted by Crippen LogP contribution is -2.00. The summed E-state index contributed by atoms with van der Waals surface area (Å²) in [5.41, 5.74) is 0.455. The van der Waals surface area contributed by atoms with Crippen molar-refractivity contribution in [1.82, 2.24) is 0 Å². The zero-order chi connectivity index (χ0) is 11.3. The van der Waals surface area contributed by atoms with Gasteiger partial charge in [0.25, 0.3) is 5.69 Å². The Morgan fingerprint density at radius 2 is 2.27 bits per heavy atom. The number of nitro groups is 1. The van der Waals surface area contributed by atoms with Crippen molar-refractivity contribution in [2.24, 2.45) is 0 Å². The minimum atomic E-state index is -0.448. The molecule has 0 spiro atoms. The first kappa shape index (κ1) is 11.9. The molecule has 0 aliphatic heterocycles. The molecule has 0 aromatic heterocycles. The Bertz CT molecular complexity index is 355. The lowest BCUT2D eigenvalue weighted by Gasteiger charge is -2.05. The van der Waals surface area contributed by atoms with Gasteiger partial charge in [-0.1, -0.05) is 24.6 Å². The second-order valence-electron chi connectivity index (χ2n) is 3.05. The number of halogens is 1. The first-order chi connectivity index (χ1) is 7.16. The molecule has 0 saturated heterocycles. The molecule has 0 saturated carbocycles. The number of nitro benzene ring substituents is 1. The SMILES string of the molecule is CCCOCc1c(Cl)cccc1[N+](=O)[O-]. The van der Waals surface area contributed by atoms with Crippen LogP contribution in [0.3, 0.4) is 0 Å². The number of nitrogens with zero attached hydrogens (tertiary/aromatic N) is 1.